The number of carbonyl (C=O) groups excluding carboxylic acids is 1. The van der Waals surface area contributed by atoms with E-state index < -0.39 is 0 Å². The SMILES string of the molecule is C=CC(=O)N1CCN(CCO/N=C/c2ccc3ncnc(Nc4ccc(OCc5cccc(F)c5)c(C)c4)c3c2)CC1. The minimum atomic E-state index is -0.281. The third-order valence-electron chi connectivity index (χ3n) is 7.01. The second-order valence-corrected chi connectivity index (χ2v) is 9.96. The molecule has 216 valence electrons. The number of halogens is 1. The summed E-state index contributed by atoms with van der Waals surface area (Å²) in [6, 6.07) is 18.0. The van der Waals surface area contributed by atoms with Crippen molar-refractivity contribution in [2.45, 2.75) is 13.5 Å². The summed E-state index contributed by atoms with van der Waals surface area (Å²) < 4.78 is 19.4. The van der Waals surface area contributed by atoms with Crippen LogP contribution in [0.15, 0.2) is 84.8 Å². The van der Waals surface area contributed by atoms with Crippen LogP contribution in [-0.2, 0) is 16.2 Å². The highest BCUT2D eigenvalue weighted by Crippen LogP contribution is 2.28. The van der Waals surface area contributed by atoms with Gasteiger partial charge in [-0.1, -0.05) is 29.9 Å². The molecule has 0 radical (unpaired) electrons. The summed E-state index contributed by atoms with van der Waals surface area (Å²) in [5.74, 6) is 1.08. The third-order valence-corrected chi connectivity index (χ3v) is 7.01. The lowest BCUT2D eigenvalue weighted by Gasteiger charge is -2.33. The van der Waals surface area contributed by atoms with Crippen molar-refractivity contribution >= 4 is 34.5 Å². The van der Waals surface area contributed by atoms with Crippen LogP contribution in [0, 0.1) is 12.7 Å². The molecule has 1 aromatic heterocycles. The predicted molar refractivity (Wildman–Crippen MR) is 161 cm³/mol. The Morgan fingerprint density at radius 2 is 1.95 bits per heavy atom. The van der Waals surface area contributed by atoms with Crippen molar-refractivity contribution in [3.63, 3.8) is 0 Å². The van der Waals surface area contributed by atoms with Gasteiger partial charge in [0.15, 0.2) is 0 Å². The number of hydrogen-bond acceptors (Lipinski definition) is 8. The monoisotopic (exact) mass is 568 g/mol. The van der Waals surface area contributed by atoms with E-state index in [1.54, 1.807) is 17.2 Å². The van der Waals surface area contributed by atoms with Gasteiger partial charge in [-0.3, -0.25) is 9.69 Å². The normalized spacial score (nSPS) is 13.8. The van der Waals surface area contributed by atoms with Crippen molar-refractivity contribution in [3.8, 4) is 5.75 Å². The first-order chi connectivity index (χ1) is 20.5. The smallest absolute Gasteiger partial charge is 0.246 e. The van der Waals surface area contributed by atoms with E-state index in [-0.39, 0.29) is 18.3 Å². The number of piperazine rings is 1. The molecule has 42 heavy (non-hydrogen) atoms. The summed E-state index contributed by atoms with van der Waals surface area (Å²) in [6.45, 7) is 9.97. The number of aryl methyl sites for hydroxylation is 1. The summed E-state index contributed by atoms with van der Waals surface area (Å²) in [4.78, 5) is 30.1. The highest BCUT2D eigenvalue weighted by atomic mass is 19.1. The summed E-state index contributed by atoms with van der Waals surface area (Å²) in [5.41, 5.74) is 4.21. The number of fused-ring (bicyclic) bond motifs is 1. The quantitative estimate of drug-likeness (QED) is 0.117. The van der Waals surface area contributed by atoms with Gasteiger partial charge in [0.1, 0.15) is 36.9 Å². The van der Waals surface area contributed by atoms with Gasteiger partial charge in [-0.25, -0.2) is 14.4 Å². The second kappa shape index (κ2) is 13.7. The highest BCUT2D eigenvalue weighted by molar-refractivity contribution is 5.95. The zero-order valence-electron chi connectivity index (χ0n) is 23.5. The van der Waals surface area contributed by atoms with Gasteiger partial charge in [-0.15, -0.1) is 0 Å². The molecule has 3 aromatic carbocycles. The van der Waals surface area contributed by atoms with E-state index >= 15 is 0 Å². The molecule has 0 spiro atoms. The maximum atomic E-state index is 13.5. The Morgan fingerprint density at radius 1 is 1.10 bits per heavy atom. The van der Waals surface area contributed by atoms with Crippen LogP contribution in [-0.4, -0.2) is 71.2 Å². The Hall–Kier alpha value is -4.83. The molecule has 0 aliphatic carbocycles. The largest absolute Gasteiger partial charge is 0.489 e. The summed E-state index contributed by atoms with van der Waals surface area (Å²) in [7, 11) is 0. The van der Waals surface area contributed by atoms with Gasteiger partial charge in [0.25, 0.3) is 0 Å². The number of ether oxygens (including phenoxy) is 1. The third kappa shape index (κ3) is 7.46. The molecule has 4 aromatic rings. The van der Waals surface area contributed by atoms with Crippen molar-refractivity contribution in [2.24, 2.45) is 5.16 Å². The number of rotatable bonds is 11. The fourth-order valence-electron chi connectivity index (χ4n) is 4.71. The van der Waals surface area contributed by atoms with E-state index in [0.717, 1.165) is 58.7 Å². The lowest BCUT2D eigenvalue weighted by molar-refractivity contribution is -0.127. The molecule has 1 aliphatic heterocycles. The molecule has 9 nitrogen and oxygen atoms in total. The van der Waals surface area contributed by atoms with Crippen molar-refractivity contribution in [1.82, 2.24) is 19.8 Å². The number of aromatic nitrogens is 2. The molecule has 1 aliphatic rings. The predicted octanol–water partition coefficient (Wildman–Crippen LogP) is 5.08. The van der Waals surface area contributed by atoms with Crippen LogP contribution in [0.4, 0.5) is 15.9 Å². The Morgan fingerprint density at radius 3 is 2.74 bits per heavy atom. The summed E-state index contributed by atoms with van der Waals surface area (Å²) in [5, 5.41) is 8.37. The fraction of sp³-hybridized carbons (Fsp3) is 0.250. The van der Waals surface area contributed by atoms with Crippen LogP contribution in [0.3, 0.4) is 0 Å². The molecule has 5 rings (SSSR count). The number of amides is 1. The molecule has 0 atom stereocenters. The molecule has 1 amide bonds. The number of oxime groups is 1. The maximum absolute atomic E-state index is 13.5. The highest BCUT2D eigenvalue weighted by Gasteiger charge is 2.18. The number of anilines is 2. The Kier molecular flexibility index (Phi) is 9.35. The van der Waals surface area contributed by atoms with E-state index in [1.165, 1.54) is 24.5 Å². The van der Waals surface area contributed by atoms with Gasteiger partial charge < -0.3 is 19.8 Å². The van der Waals surface area contributed by atoms with Crippen LogP contribution >= 0.6 is 0 Å². The summed E-state index contributed by atoms with van der Waals surface area (Å²) in [6.07, 6.45) is 4.56. The van der Waals surface area contributed by atoms with Crippen molar-refractivity contribution in [3.05, 3.63) is 102 Å². The minimum absolute atomic E-state index is 0.0218. The van der Waals surface area contributed by atoms with E-state index in [4.69, 9.17) is 9.57 Å². The lowest BCUT2D eigenvalue weighted by atomic mass is 10.1. The van der Waals surface area contributed by atoms with Crippen LogP contribution in [0.5, 0.6) is 5.75 Å². The van der Waals surface area contributed by atoms with Crippen LogP contribution < -0.4 is 10.1 Å². The van der Waals surface area contributed by atoms with E-state index in [0.29, 0.717) is 25.5 Å². The molecular weight excluding hydrogens is 535 g/mol. The zero-order valence-corrected chi connectivity index (χ0v) is 23.5. The van der Waals surface area contributed by atoms with E-state index in [1.807, 2.05) is 49.4 Å². The molecule has 0 bridgehead atoms. The van der Waals surface area contributed by atoms with Gasteiger partial charge in [-0.2, -0.15) is 0 Å². The van der Waals surface area contributed by atoms with E-state index in [9.17, 15) is 9.18 Å². The average molecular weight is 569 g/mol. The molecule has 1 fully saturated rings. The lowest BCUT2D eigenvalue weighted by Crippen LogP contribution is -2.48. The van der Waals surface area contributed by atoms with Crippen molar-refractivity contribution < 1.29 is 18.8 Å². The summed E-state index contributed by atoms with van der Waals surface area (Å²) >= 11 is 0. The molecule has 1 N–H and O–H groups in total. The number of benzene rings is 3. The zero-order chi connectivity index (χ0) is 29.3. The average Bonchev–Trinajstić information content (AvgIpc) is 3.01. The first-order valence-corrected chi connectivity index (χ1v) is 13.8. The van der Waals surface area contributed by atoms with Crippen molar-refractivity contribution in [1.29, 1.82) is 0 Å². The van der Waals surface area contributed by atoms with Crippen molar-refractivity contribution in [2.75, 3.05) is 44.6 Å². The molecule has 0 saturated carbocycles. The number of carbonyl (C=O) groups is 1. The van der Waals surface area contributed by atoms with Crippen LogP contribution in [0.2, 0.25) is 0 Å². The van der Waals surface area contributed by atoms with Crippen LogP contribution in [0.25, 0.3) is 10.9 Å². The Bertz CT molecular complexity index is 1590. The molecular formula is C32H33FN6O3. The molecule has 10 heteroatoms. The minimum Gasteiger partial charge on any atom is -0.489 e. The van der Waals surface area contributed by atoms with E-state index in [2.05, 4.69) is 31.9 Å². The molecule has 0 unspecified atom stereocenters. The Balaban J connectivity index is 1.16. The number of hydrogen-bond donors (Lipinski definition) is 1. The van der Waals surface area contributed by atoms with Gasteiger partial charge in [-0.05, 0) is 72.2 Å². The van der Waals surface area contributed by atoms with Gasteiger partial charge in [0, 0.05) is 43.8 Å². The topological polar surface area (TPSA) is 92.2 Å². The number of nitrogens with one attached hydrogen (secondary N) is 1. The second-order valence-electron chi connectivity index (χ2n) is 9.96. The van der Waals surface area contributed by atoms with Crippen LogP contribution in [0.1, 0.15) is 16.7 Å². The molecule has 1 saturated heterocycles. The number of nitrogens with zero attached hydrogens (tertiary/aromatic N) is 5. The van der Waals surface area contributed by atoms with Gasteiger partial charge in [0.05, 0.1) is 11.7 Å². The first kappa shape index (κ1) is 28.7. The maximum Gasteiger partial charge on any atom is 0.246 e. The standard InChI is InChI=1S/C32H33FN6O3/c1-3-31(40)39-13-11-38(12-14-39)15-16-42-36-20-24-7-9-29-28(19-24)32(35-22-34-29)37-27-8-10-30(23(2)17-27)41-21-25-5-4-6-26(33)18-25/h3-10,17-20,22H,1,11-16,21H2,2H3,(H,34,35,37)/b36-20+. The van der Waals surface area contributed by atoms with Gasteiger partial charge >= 0.3 is 0 Å². The first-order valence-electron chi connectivity index (χ1n) is 13.8. The Labute approximate surface area is 244 Å². The fourth-order valence-corrected chi connectivity index (χ4v) is 4.71. The van der Waals surface area contributed by atoms with Gasteiger partial charge in [0.2, 0.25) is 5.91 Å². The molecule has 2 heterocycles.